The van der Waals surface area contributed by atoms with E-state index in [4.69, 9.17) is 0 Å². The summed E-state index contributed by atoms with van der Waals surface area (Å²) in [6.45, 7) is 1.99. The van der Waals surface area contributed by atoms with Gasteiger partial charge in [-0.25, -0.2) is 0 Å². The van der Waals surface area contributed by atoms with E-state index < -0.39 is 6.23 Å². The van der Waals surface area contributed by atoms with Gasteiger partial charge in [-0.1, -0.05) is 36.4 Å². The first-order valence-corrected chi connectivity index (χ1v) is 10.3. The van der Waals surface area contributed by atoms with Crippen LogP contribution in [-0.4, -0.2) is 30.4 Å². The van der Waals surface area contributed by atoms with Crippen molar-refractivity contribution in [1.29, 1.82) is 0 Å². The topological polar surface area (TPSA) is 77.6 Å². The molecule has 0 bridgehead atoms. The molecule has 0 amide bonds. The summed E-state index contributed by atoms with van der Waals surface area (Å²) in [5.74, 6) is 0. The standard InChI is InChI=1S/C24H19FN2O3.CH5N/c1-14(30-25)27-11-17-22(16-8-4-6-10-21(16)27)18(12-28)19(13-29)23-15-7-3-5-9-20(15)26(2)24(17)23;1-2/h3-10,12-14H,11H2,1-2H3;2H2,1H3. The first kappa shape index (κ1) is 21.7. The predicted molar refractivity (Wildman–Crippen MR) is 125 cm³/mol. The van der Waals surface area contributed by atoms with Gasteiger partial charge in [0.2, 0.25) is 0 Å². The van der Waals surface area contributed by atoms with Gasteiger partial charge in [-0.15, -0.1) is 0 Å². The average molecular weight is 433 g/mol. The molecule has 1 atom stereocenters. The Kier molecular flexibility index (Phi) is 5.78. The average Bonchev–Trinajstić information content (AvgIpc) is 3.16. The number of hydrogen-bond donors (Lipinski definition) is 1. The van der Waals surface area contributed by atoms with E-state index in [1.807, 2.05) is 65.0 Å². The van der Waals surface area contributed by atoms with Crippen molar-refractivity contribution in [2.75, 3.05) is 11.9 Å². The van der Waals surface area contributed by atoms with Crippen LogP contribution in [0.25, 0.3) is 32.9 Å². The van der Waals surface area contributed by atoms with E-state index >= 15 is 0 Å². The van der Waals surface area contributed by atoms with Crippen molar-refractivity contribution in [3.63, 3.8) is 0 Å². The molecule has 5 rings (SSSR count). The smallest absolute Gasteiger partial charge is 0.167 e. The zero-order valence-corrected chi connectivity index (χ0v) is 18.1. The highest BCUT2D eigenvalue weighted by molar-refractivity contribution is 6.21. The molecule has 3 aromatic carbocycles. The van der Waals surface area contributed by atoms with Gasteiger partial charge in [-0.2, -0.15) is 4.94 Å². The highest BCUT2D eigenvalue weighted by atomic mass is 19.3. The van der Waals surface area contributed by atoms with Crippen LogP contribution < -0.4 is 10.6 Å². The number of anilines is 1. The molecule has 7 heteroatoms. The van der Waals surface area contributed by atoms with Crippen molar-refractivity contribution in [1.82, 2.24) is 4.57 Å². The second-order valence-electron chi connectivity index (χ2n) is 7.55. The molecule has 0 saturated heterocycles. The fourth-order valence-electron chi connectivity index (χ4n) is 4.84. The quantitative estimate of drug-likeness (QED) is 0.469. The van der Waals surface area contributed by atoms with Crippen LogP contribution in [0, 0.1) is 0 Å². The maximum absolute atomic E-state index is 13.2. The summed E-state index contributed by atoms with van der Waals surface area (Å²) in [5, 5.41) is 1.65. The first-order valence-electron chi connectivity index (χ1n) is 10.3. The number of nitrogens with zero attached hydrogens (tertiary/aromatic N) is 2. The van der Waals surface area contributed by atoms with E-state index in [9.17, 15) is 14.1 Å². The normalized spacial score (nSPS) is 13.2. The molecule has 1 aliphatic rings. The minimum Gasteiger partial charge on any atom is -0.343 e. The van der Waals surface area contributed by atoms with Crippen LogP contribution in [0.2, 0.25) is 0 Å². The van der Waals surface area contributed by atoms with Gasteiger partial charge in [0.05, 0.1) is 5.52 Å². The lowest BCUT2D eigenvalue weighted by Crippen LogP contribution is -2.36. The maximum Gasteiger partial charge on any atom is 0.167 e. The predicted octanol–water partition coefficient (Wildman–Crippen LogP) is 4.77. The lowest BCUT2D eigenvalue weighted by molar-refractivity contribution is -0.172. The number of benzene rings is 3. The van der Waals surface area contributed by atoms with Gasteiger partial charge in [-0.3, -0.25) is 9.59 Å². The zero-order valence-electron chi connectivity index (χ0n) is 18.1. The number of para-hydroxylation sites is 2. The molecule has 1 aliphatic heterocycles. The molecule has 1 unspecified atom stereocenters. The van der Waals surface area contributed by atoms with Crippen molar-refractivity contribution in [3.8, 4) is 11.1 Å². The summed E-state index contributed by atoms with van der Waals surface area (Å²) >= 11 is 0. The van der Waals surface area contributed by atoms with Crippen LogP contribution in [0.5, 0.6) is 0 Å². The number of nitrogens with two attached hydrogens (primary N) is 1. The summed E-state index contributed by atoms with van der Waals surface area (Å²) < 4.78 is 15.3. The molecule has 164 valence electrons. The summed E-state index contributed by atoms with van der Waals surface area (Å²) in [6.07, 6.45) is 0.710. The molecule has 1 aromatic heterocycles. The molecule has 0 fully saturated rings. The van der Waals surface area contributed by atoms with Crippen LogP contribution in [0.15, 0.2) is 48.5 Å². The van der Waals surface area contributed by atoms with Crippen LogP contribution in [0.3, 0.4) is 0 Å². The third-order valence-electron chi connectivity index (χ3n) is 6.14. The van der Waals surface area contributed by atoms with Gasteiger partial charge in [-0.05, 0) is 30.6 Å². The van der Waals surface area contributed by atoms with E-state index in [1.165, 1.54) is 7.05 Å². The third-order valence-corrected chi connectivity index (χ3v) is 6.14. The Balaban J connectivity index is 0.00000119. The van der Waals surface area contributed by atoms with Crippen LogP contribution in [0.1, 0.15) is 33.2 Å². The molecular weight excluding hydrogens is 409 g/mol. The molecule has 2 N–H and O–H groups in total. The summed E-state index contributed by atoms with van der Waals surface area (Å²) in [5.41, 5.74) is 10.2. The minimum atomic E-state index is -0.811. The van der Waals surface area contributed by atoms with E-state index in [0.717, 1.165) is 56.8 Å². The highest BCUT2D eigenvalue weighted by Gasteiger charge is 2.32. The Bertz CT molecular complexity index is 1350. The number of fused-ring (bicyclic) bond motifs is 7. The summed E-state index contributed by atoms with van der Waals surface area (Å²) in [7, 11) is 3.44. The Morgan fingerprint density at radius 1 is 1.03 bits per heavy atom. The minimum absolute atomic E-state index is 0.345. The number of carbonyl (C=O) groups is 2. The Hall–Kier alpha value is -3.55. The summed E-state index contributed by atoms with van der Waals surface area (Å²) in [6, 6.07) is 15.3. The van der Waals surface area contributed by atoms with Crippen LogP contribution in [0.4, 0.5) is 10.2 Å². The number of rotatable bonds is 4. The monoisotopic (exact) mass is 433 g/mol. The van der Waals surface area contributed by atoms with E-state index in [0.29, 0.717) is 17.7 Å². The molecule has 0 radical (unpaired) electrons. The third kappa shape index (κ3) is 2.93. The lowest BCUT2D eigenvalue weighted by Gasteiger charge is -2.36. The van der Waals surface area contributed by atoms with Gasteiger partial charge in [0.15, 0.2) is 18.8 Å². The highest BCUT2D eigenvalue weighted by Crippen LogP contribution is 2.47. The second kappa shape index (κ2) is 8.53. The van der Waals surface area contributed by atoms with Gasteiger partial charge in [0.25, 0.3) is 0 Å². The van der Waals surface area contributed by atoms with Gasteiger partial charge >= 0.3 is 0 Å². The maximum atomic E-state index is 13.2. The Labute approximate surface area is 184 Å². The van der Waals surface area contributed by atoms with E-state index in [1.54, 1.807) is 6.92 Å². The fourth-order valence-corrected chi connectivity index (χ4v) is 4.84. The number of aldehydes is 2. The second-order valence-corrected chi connectivity index (χ2v) is 7.55. The Morgan fingerprint density at radius 2 is 1.69 bits per heavy atom. The van der Waals surface area contributed by atoms with E-state index in [2.05, 4.69) is 10.7 Å². The largest absolute Gasteiger partial charge is 0.343 e. The summed E-state index contributed by atoms with van der Waals surface area (Å²) in [4.78, 5) is 30.5. The first-order chi connectivity index (χ1) is 15.6. The molecule has 2 heterocycles. The number of aromatic nitrogens is 1. The number of hydrogen-bond acceptors (Lipinski definition) is 5. The molecule has 32 heavy (non-hydrogen) atoms. The van der Waals surface area contributed by atoms with Crippen molar-refractivity contribution in [2.45, 2.75) is 19.7 Å². The number of aryl methyl sites for hydroxylation is 1. The van der Waals surface area contributed by atoms with Crippen molar-refractivity contribution in [3.05, 3.63) is 65.2 Å². The van der Waals surface area contributed by atoms with Crippen LogP contribution >= 0.6 is 0 Å². The molecule has 0 aliphatic carbocycles. The van der Waals surface area contributed by atoms with Gasteiger partial charge in [0.1, 0.15) is 0 Å². The Morgan fingerprint density at radius 3 is 2.38 bits per heavy atom. The van der Waals surface area contributed by atoms with Crippen molar-refractivity contribution in [2.24, 2.45) is 12.8 Å². The molecular formula is C25H24FN3O3. The van der Waals surface area contributed by atoms with Crippen molar-refractivity contribution >= 4 is 40.1 Å². The zero-order chi connectivity index (χ0) is 23.0. The van der Waals surface area contributed by atoms with Crippen LogP contribution in [-0.2, 0) is 18.5 Å². The fraction of sp³-hybridized carbons (Fsp3) is 0.200. The lowest BCUT2D eigenvalue weighted by atomic mass is 9.85. The van der Waals surface area contributed by atoms with Gasteiger partial charge in [0, 0.05) is 63.4 Å². The van der Waals surface area contributed by atoms with Crippen molar-refractivity contribution < 1.29 is 19.1 Å². The van der Waals surface area contributed by atoms with Gasteiger partial charge < -0.3 is 15.2 Å². The number of carbonyl (C=O) groups excluding carboxylic acids is 2. The molecule has 0 spiro atoms. The number of halogens is 1. The van der Waals surface area contributed by atoms with E-state index in [-0.39, 0.29) is 0 Å². The SMILES string of the molecule is CC(OF)N1Cc2c(c(C=O)c(C=O)c3c4ccccc4n(C)c23)-c2ccccc21.CN. The molecule has 0 saturated carbocycles. The molecule has 6 nitrogen and oxygen atoms in total. The molecule has 4 aromatic rings.